The van der Waals surface area contributed by atoms with Gasteiger partial charge >= 0.3 is 0 Å². The monoisotopic (exact) mass is 192 g/mol. The number of nitriles is 1. The highest BCUT2D eigenvalue weighted by molar-refractivity contribution is 7.99. The van der Waals surface area contributed by atoms with Crippen LogP contribution in [-0.2, 0) is 0 Å². The van der Waals surface area contributed by atoms with E-state index in [1.54, 1.807) is 11.8 Å². The van der Waals surface area contributed by atoms with Gasteiger partial charge in [-0.05, 0) is 19.1 Å². The highest BCUT2D eigenvalue weighted by atomic mass is 32.2. The Kier molecular flexibility index (Phi) is 3.32. The van der Waals surface area contributed by atoms with Gasteiger partial charge < -0.3 is 0 Å². The van der Waals surface area contributed by atoms with Crippen molar-refractivity contribution in [3.63, 3.8) is 0 Å². The Hall–Kier alpha value is -1.01. The van der Waals surface area contributed by atoms with Crippen LogP contribution in [0.25, 0.3) is 0 Å². The molecule has 0 amide bonds. The predicted molar refractivity (Wildman–Crippen MR) is 54.7 cm³/mol. The van der Waals surface area contributed by atoms with E-state index in [0.29, 0.717) is 10.8 Å². The maximum Gasteiger partial charge on any atom is 0.114 e. The van der Waals surface area contributed by atoms with Crippen molar-refractivity contribution in [2.24, 2.45) is 0 Å². The molecule has 0 radical (unpaired) electrons. The molecule has 0 atom stereocenters. The molecule has 1 heterocycles. The number of hydrogen-bond donors (Lipinski definition) is 0. The Morgan fingerprint density at radius 2 is 2.15 bits per heavy atom. The van der Waals surface area contributed by atoms with Crippen LogP contribution < -0.4 is 0 Å². The van der Waals surface area contributed by atoms with E-state index >= 15 is 0 Å². The van der Waals surface area contributed by atoms with Crippen molar-refractivity contribution in [2.75, 3.05) is 0 Å². The molecular weight excluding hydrogens is 180 g/mol. The lowest BCUT2D eigenvalue weighted by Gasteiger charge is -2.05. The van der Waals surface area contributed by atoms with Gasteiger partial charge in [0.1, 0.15) is 11.1 Å². The van der Waals surface area contributed by atoms with E-state index in [1.165, 1.54) is 0 Å². The smallest absolute Gasteiger partial charge is 0.114 e. The molecule has 0 saturated heterocycles. The largest absolute Gasteiger partial charge is 0.245 e. The van der Waals surface area contributed by atoms with E-state index in [4.69, 9.17) is 5.26 Å². The van der Waals surface area contributed by atoms with E-state index < -0.39 is 0 Å². The predicted octanol–water partition coefficient (Wildman–Crippen LogP) is 2.76. The topological polar surface area (TPSA) is 36.7 Å². The van der Waals surface area contributed by atoms with Gasteiger partial charge in [-0.15, -0.1) is 11.8 Å². The van der Waals surface area contributed by atoms with E-state index in [9.17, 15) is 0 Å². The Bertz CT molecular complexity index is 339. The first-order chi connectivity index (χ1) is 6.13. The average molecular weight is 192 g/mol. The number of pyridine rings is 1. The first-order valence-corrected chi connectivity index (χ1v) is 5.06. The summed E-state index contributed by atoms with van der Waals surface area (Å²) in [5, 5.41) is 10.1. The molecule has 0 N–H and O–H groups in total. The van der Waals surface area contributed by atoms with Crippen LogP contribution in [0.3, 0.4) is 0 Å². The molecule has 68 valence electrons. The normalized spacial score (nSPS) is 10.1. The second kappa shape index (κ2) is 4.29. The SMILES string of the molecule is Cc1ccc(C#N)c(SC(C)C)n1. The zero-order valence-electron chi connectivity index (χ0n) is 8.03. The molecule has 0 aliphatic rings. The van der Waals surface area contributed by atoms with Gasteiger partial charge in [-0.25, -0.2) is 4.98 Å². The van der Waals surface area contributed by atoms with E-state index in [0.717, 1.165) is 10.7 Å². The maximum absolute atomic E-state index is 8.82. The summed E-state index contributed by atoms with van der Waals surface area (Å²) in [6, 6.07) is 5.84. The van der Waals surface area contributed by atoms with Crippen LogP contribution in [0.1, 0.15) is 25.1 Å². The van der Waals surface area contributed by atoms with Crippen LogP contribution in [0.2, 0.25) is 0 Å². The number of aryl methyl sites for hydroxylation is 1. The molecule has 13 heavy (non-hydrogen) atoms. The standard InChI is InChI=1S/C10H12N2S/c1-7(2)13-10-9(6-11)5-4-8(3)12-10/h4-5,7H,1-3H3. The van der Waals surface area contributed by atoms with Crippen molar-refractivity contribution in [3.8, 4) is 6.07 Å². The molecule has 3 heteroatoms. The Morgan fingerprint density at radius 1 is 1.46 bits per heavy atom. The fourth-order valence-corrected chi connectivity index (χ4v) is 1.81. The molecule has 1 aromatic heterocycles. The first kappa shape index (κ1) is 10.1. The quantitative estimate of drug-likeness (QED) is 0.676. The van der Waals surface area contributed by atoms with Crippen molar-refractivity contribution in [1.82, 2.24) is 4.98 Å². The second-order valence-electron chi connectivity index (χ2n) is 3.08. The number of rotatable bonds is 2. The number of aromatic nitrogens is 1. The van der Waals surface area contributed by atoms with Gasteiger partial charge in [-0.1, -0.05) is 13.8 Å². The van der Waals surface area contributed by atoms with Crippen LogP contribution >= 0.6 is 11.8 Å². The van der Waals surface area contributed by atoms with Crippen LogP contribution in [0.5, 0.6) is 0 Å². The Labute approximate surface area is 83.0 Å². The van der Waals surface area contributed by atoms with Crippen LogP contribution in [0.15, 0.2) is 17.2 Å². The lowest BCUT2D eigenvalue weighted by Crippen LogP contribution is -1.94. The molecule has 2 nitrogen and oxygen atoms in total. The lowest BCUT2D eigenvalue weighted by atomic mass is 10.3. The van der Waals surface area contributed by atoms with E-state index in [-0.39, 0.29) is 0 Å². The van der Waals surface area contributed by atoms with Crippen molar-refractivity contribution in [1.29, 1.82) is 5.26 Å². The zero-order chi connectivity index (χ0) is 9.84. The molecule has 1 aromatic rings. The molecule has 0 bridgehead atoms. The Morgan fingerprint density at radius 3 is 2.69 bits per heavy atom. The van der Waals surface area contributed by atoms with Crippen LogP contribution in [-0.4, -0.2) is 10.2 Å². The minimum Gasteiger partial charge on any atom is -0.245 e. The zero-order valence-corrected chi connectivity index (χ0v) is 8.85. The molecule has 0 saturated carbocycles. The molecular formula is C10H12N2S. The fourth-order valence-electron chi connectivity index (χ4n) is 0.931. The number of nitrogens with zero attached hydrogens (tertiary/aromatic N) is 2. The molecule has 0 aliphatic heterocycles. The van der Waals surface area contributed by atoms with Gasteiger partial charge in [0.25, 0.3) is 0 Å². The maximum atomic E-state index is 8.82. The molecule has 0 aliphatic carbocycles. The summed E-state index contributed by atoms with van der Waals surface area (Å²) in [6.45, 7) is 6.12. The van der Waals surface area contributed by atoms with Crippen LogP contribution in [0, 0.1) is 18.3 Å². The lowest BCUT2D eigenvalue weighted by molar-refractivity contribution is 1.03. The third-order valence-corrected chi connectivity index (χ3v) is 2.47. The summed E-state index contributed by atoms with van der Waals surface area (Å²) < 4.78 is 0. The summed E-state index contributed by atoms with van der Waals surface area (Å²) in [5.74, 6) is 0. The molecule has 0 aromatic carbocycles. The van der Waals surface area contributed by atoms with E-state index in [2.05, 4.69) is 24.9 Å². The third kappa shape index (κ3) is 2.74. The highest BCUT2D eigenvalue weighted by Crippen LogP contribution is 2.24. The average Bonchev–Trinajstić information content (AvgIpc) is 2.03. The van der Waals surface area contributed by atoms with Gasteiger partial charge in [0, 0.05) is 10.9 Å². The van der Waals surface area contributed by atoms with E-state index in [1.807, 2.05) is 19.1 Å². The second-order valence-corrected chi connectivity index (χ2v) is 4.65. The number of thioether (sulfide) groups is 1. The molecule has 0 fully saturated rings. The van der Waals surface area contributed by atoms with Gasteiger partial charge in [-0.3, -0.25) is 0 Å². The number of hydrogen-bond acceptors (Lipinski definition) is 3. The van der Waals surface area contributed by atoms with Crippen molar-refractivity contribution in [3.05, 3.63) is 23.4 Å². The minimum atomic E-state index is 0.460. The fraction of sp³-hybridized carbons (Fsp3) is 0.400. The summed E-state index contributed by atoms with van der Waals surface area (Å²) in [7, 11) is 0. The van der Waals surface area contributed by atoms with Crippen LogP contribution in [0.4, 0.5) is 0 Å². The molecule has 0 spiro atoms. The van der Waals surface area contributed by atoms with Crippen molar-refractivity contribution < 1.29 is 0 Å². The summed E-state index contributed by atoms with van der Waals surface area (Å²) >= 11 is 1.63. The van der Waals surface area contributed by atoms with Gasteiger partial charge in [-0.2, -0.15) is 5.26 Å². The third-order valence-electron chi connectivity index (χ3n) is 1.47. The van der Waals surface area contributed by atoms with Gasteiger partial charge in [0.05, 0.1) is 5.56 Å². The van der Waals surface area contributed by atoms with Crippen molar-refractivity contribution >= 4 is 11.8 Å². The highest BCUT2D eigenvalue weighted by Gasteiger charge is 2.06. The Balaban J connectivity index is 3.03. The van der Waals surface area contributed by atoms with Crippen molar-refractivity contribution in [2.45, 2.75) is 31.0 Å². The summed E-state index contributed by atoms with van der Waals surface area (Å²) in [6.07, 6.45) is 0. The molecule has 1 rings (SSSR count). The first-order valence-electron chi connectivity index (χ1n) is 4.18. The summed E-state index contributed by atoms with van der Waals surface area (Å²) in [5.41, 5.74) is 1.63. The van der Waals surface area contributed by atoms with Gasteiger partial charge in [0.15, 0.2) is 0 Å². The molecule has 0 unspecified atom stereocenters. The van der Waals surface area contributed by atoms with Gasteiger partial charge in [0.2, 0.25) is 0 Å². The minimum absolute atomic E-state index is 0.460. The summed E-state index contributed by atoms with van der Waals surface area (Å²) in [4.78, 5) is 4.32.